The van der Waals surface area contributed by atoms with Crippen molar-refractivity contribution < 1.29 is 23.9 Å². The Labute approximate surface area is 141 Å². The van der Waals surface area contributed by atoms with E-state index in [1.807, 2.05) is 31.2 Å². The molecule has 2 N–H and O–H groups in total. The van der Waals surface area contributed by atoms with Crippen LogP contribution in [0, 0.1) is 0 Å². The fourth-order valence-corrected chi connectivity index (χ4v) is 1.81. The largest absolute Gasteiger partial charge is 0.497 e. The average molecular weight is 336 g/mol. The molecule has 1 aromatic rings. The summed E-state index contributed by atoms with van der Waals surface area (Å²) in [6.45, 7) is 1.99. The standard InChI is InChI=1S/C17H24N2O5/c1-3-10-18-15(20)11-19-16(21)12-24-17(22)9-6-13-4-7-14(23-2)8-5-13/h4-5,7-8H,3,6,9-12H2,1-2H3,(H,18,20)(H,19,21). The van der Waals surface area contributed by atoms with E-state index in [-0.39, 0.29) is 25.5 Å². The summed E-state index contributed by atoms with van der Waals surface area (Å²) < 4.78 is 9.93. The molecule has 7 heteroatoms. The third kappa shape index (κ3) is 8.17. The molecule has 0 saturated heterocycles. The third-order valence-electron chi connectivity index (χ3n) is 3.16. The number of hydrogen-bond acceptors (Lipinski definition) is 5. The van der Waals surface area contributed by atoms with Gasteiger partial charge in [0.2, 0.25) is 5.91 Å². The van der Waals surface area contributed by atoms with E-state index < -0.39 is 11.9 Å². The SMILES string of the molecule is CCCNC(=O)CNC(=O)COC(=O)CCc1ccc(OC)cc1. The highest BCUT2D eigenvalue weighted by Crippen LogP contribution is 2.12. The Balaban J connectivity index is 2.18. The summed E-state index contributed by atoms with van der Waals surface area (Å²) in [5.74, 6) is -0.479. The highest BCUT2D eigenvalue weighted by molar-refractivity contribution is 5.86. The van der Waals surface area contributed by atoms with Gasteiger partial charge in [0, 0.05) is 13.0 Å². The van der Waals surface area contributed by atoms with Crippen LogP contribution in [0.25, 0.3) is 0 Å². The molecule has 0 fully saturated rings. The first kappa shape index (κ1) is 19.5. The second-order valence-corrected chi connectivity index (χ2v) is 5.14. The molecular formula is C17H24N2O5. The second-order valence-electron chi connectivity index (χ2n) is 5.14. The average Bonchev–Trinajstić information content (AvgIpc) is 2.61. The molecule has 0 aromatic heterocycles. The van der Waals surface area contributed by atoms with Gasteiger partial charge in [-0.05, 0) is 30.5 Å². The second kappa shape index (κ2) is 11.0. The van der Waals surface area contributed by atoms with Crippen LogP contribution in [0.4, 0.5) is 0 Å². The zero-order valence-electron chi connectivity index (χ0n) is 14.1. The topological polar surface area (TPSA) is 93.7 Å². The number of methoxy groups -OCH3 is 1. The molecule has 1 rings (SSSR count). The first-order valence-electron chi connectivity index (χ1n) is 7.87. The fourth-order valence-electron chi connectivity index (χ4n) is 1.81. The van der Waals surface area contributed by atoms with Crippen molar-refractivity contribution in [1.29, 1.82) is 0 Å². The quantitative estimate of drug-likeness (QED) is 0.617. The van der Waals surface area contributed by atoms with Crippen LogP contribution in [0.2, 0.25) is 0 Å². The summed E-state index contributed by atoms with van der Waals surface area (Å²) in [6, 6.07) is 7.37. The Morgan fingerprint density at radius 2 is 1.75 bits per heavy atom. The van der Waals surface area contributed by atoms with Crippen LogP contribution in [0.15, 0.2) is 24.3 Å². The van der Waals surface area contributed by atoms with Crippen molar-refractivity contribution >= 4 is 17.8 Å². The number of esters is 1. The van der Waals surface area contributed by atoms with E-state index in [4.69, 9.17) is 9.47 Å². The number of ether oxygens (including phenoxy) is 2. The predicted molar refractivity (Wildman–Crippen MR) is 88.6 cm³/mol. The van der Waals surface area contributed by atoms with Crippen LogP contribution < -0.4 is 15.4 Å². The number of rotatable bonds is 10. The zero-order valence-corrected chi connectivity index (χ0v) is 14.1. The van der Waals surface area contributed by atoms with E-state index in [2.05, 4.69) is 10.6 Å². The van der Waals surface area contributed by atoms with Gasteiger partial charge in [0.1, 0.15) is 5.75 Å². The van der Waals surface area contributed by atoms with Crippen LogP contribution >= 0.6 is 0 Å². The van der Waals surface area contributed by atoms with Crippen molar-refractivity contribution in [3.8, 4) is 5.75 Å². The van der Waals surface area contributed by atoms with Crippen LogP contribution in [0.1, 0.15) is 25.3 Å². The molecule has 7 nitrogen and oxygen atoms in total. The molecule has 0 aliphatic rings. The monoisotopic (exact) mass is 336 g/mol. The Bertz CT molecular complexity index is 542. The van der Waals surface area contributed by atoms with Crippen LogP contribution in [0.5, 0.6) is 5.75 Å². The molecule has 0 heterocycles. The van der Waals surface area contributed by atoms with Crippen molar-refractivity contribution in [2.45, 2.75) is 26.2 Å². The maximum atomic E-state index is 11.6. The fraction of sp³-hybridized carbons (Fsp3) is 0.471. The minimum atomic E-state index is -0.501. The van der Waals surface area contributed by atoms with Gasteiger partial charge in [-0.3, -0.25) is 14.4 Å². The van der Waals surface area contributed by atoms with Gasteiger partial charge in [-0.25, -0.2) is 0 Å². The minimum Gasteiger partial charge on any atom is -0.497 e. The van der Waals surface area contributed by atoms with Gasteiger partial charge in [0.05, 0.1) is 13.7 Å². The summed E-state index contributed by atoms with van der Waals surface area (Å²) in [5, 5.41) is 5.02. The van der Waals surface area contributed by atoms with E-state index in [1.165, 1.54) is 0 Å². The van der Waals surface area contributed by atoms with Gasteiger partial charge in [-0.2, -0.15) is 0 Å². The number of amides is 2. The van der Waals surface area contributed by atoms with E-state index in [9.17, 15) is 14.4 Å². The summed E-state index contributed by atoms with van der Waals surface area (Å²) >= 11 is 0. The number of benzene rings is 1. The predicted octanol–water partition coefficient (Wildman–Crippen LogP) is 0.813. The molecule has 0 atom stereocenters. The first-order chi connectivity index (χ1) is 11.5. The number of nitrogens with one attached hydrogen (secondary N) is 2. The van der Waals surface area contributed by atoms with Gasteiger partial charge < -0.3 is 20.1 Å². The molecule has 0 aliphatic carbocycles. The van der Waals surface area contributed by atoms with Gasteiger partial charge in [-0.15, -0.1) is 0 Å². The Kier molecular flexibility index (Phi) is 8.96. The van der Waals surface area contributed by atoms with E-state index >= 15 is 0 Å². The van der Waals surface area contributed by atoms with E-state index in [0.717, 1.165) is 17.7 Å². The summed E-state index contributed by atoms with van der Waals surface area (Å²) in [6.07, 6.45) is 1.52. The summed E-state index contributed by atoms with van der Waals surface area (Å²) in [5.41, 5.74) is 0.977. The Hall–Kier alpha value is -2.57. The van der Waals surface area contributed by atoms with Gasteiger partial charge >= 0.3 is 5.97 Å². The van der Waals surface area contributed by atoms with E-state index in [0.29, 0.717) is 13.0 Å². The molecule has 0 radical (unpaired) electrons. The minimum absolute atomic E-state index is 0.123. The lowest BCUT2D eigenvalue weighted by Gasteiger charge is -2.07. The van der Waals surface area contributed by atoms with Gasteiger partial charge in [0.15, 0.2) is 6.61 Å². The van der Waals surface area contributed by atoms with E-state index in [1.54, 1.807) is 7.11 Å². The van der Waals surface area contributed by atoms with Crippen molar-refractivity contribution in [2.75, 3.05) is 26.8 Å². The van der Waals surface area contributed by atoms with Crippen molar-refractivity contribution in [1.82, 2.24) is 10.6 Å². The van der Waals surface area contributed by atoms with Crippen molar-refractivity contribution in [2.24, 2.45) is 0 Å². The summed E-state index contributed by atoms with van der Waals surface area (Å²) in [7, 11) is 1.59. The van der Waals surface area contributed by atoms with Gasteiger partial charge in [0.25, 0.3) is 5.91 Å². The lowest BCUT2D eigenvalue weighted by atomic mass is 10.1. The maximum Gasteiger partial charge on any atom is 0.306 e. The Morgan fingerprint density at radius 3 is 2.38 bits per heavy atom. The normalized spacial score (nSPS) is 9.92. The molecule has 132 valence electrons. The molecule has 2 amide bonds. The number of carbonyl (C=O) groups is 3. The number of hydrogen-bond donors (Lipinski definition) is 2. The van der Waals surface area contributed by atoms with Crippen LogP contribution in [-0.2, 0) is 25.5 Å². The van der Waals surface area contributed by atoms with Crippen LogP contribution in [-0.4, -0.2) is 44.6 Å². The van der Waals surface area contributed by atoms with Crippen LogP contribution in [0.3, 0.4) is 0 Å². The summed E-state index contributed by atoms with van der Waals surface area (Å²) in [4.78, 5) is 34.4. The molecule has 0 spiro atoms. The van der Waals surface area contributed by atoms with Gasteiger partial charge in [-0.1, -0.05) is 19.1 Å². The molecule has 0 bridgehead atoms. The molecule has 0 saturated carbocycles. The molecular weight excluding hydrogens is 312 g/mol. The number of aryl methyl sites for hydroxylation is 1. The highest BCUT2D eigenvalue weighted by Gasteiger charge is 2.09. The third-order valence-corrected chi connectivity index (χ3v) is 3.16. The van der Waals surface area contributed by atoms with Crippen molar-refractivity contribution in [3.63, 3.8) is 0 Å². The highest BCUT2D eigenvalue weighted by atomic mass is 16.5. The molecule has 24 heavy (non-hydrogen) atoms. The molecule has 0 aliphatic heterocycles. The lowest BCUT2D eigenvalue weighted by Crippen LogP contribution is -2.38. The lowest BCUT2D eigenvalue weighted by molar-refractivity contribution is -0.148. The number of carbonyl (C=O) groups excluding carboxylic acids is 3. The first-order valence-corrected chi connectivity index (χ1v) is 7.87. The van der Waals surface area contributed by atoms with Crippen molar-refractivity contribution in [3.05, 3.63) is 29.8 Å². The molecule has 1 aromatic carbocycles. The smallest absolute Gasteiger partial charge is 0.306 e. The maximum absolute atomic E-state index is 11.6. The Morgan fingerprint density at radius 1 is 1.04 bits per heavy atom. The molecule has 0 unspecified atom stereocenters. The zero-order chi connectivity index (χ0) is 17.8.